The Labute approximate surface area is 147 Å². The molecule has 2 aliphatic carbocycles. The molecular formula is C24H30. The van der Waals surface area contributed by atoms with Crippen LogP contribution in [-0.2, 0) is 5.41 Å². The van der Waals surface area contributed by atoms with Crippen molar-refractivity contribution in [2.45, 2.75) is 77.6 Å². The van der Waals surface area contributed by atoms with Gasteiger partial charge in [0.15, 0.2) is 0 Å². The third-order valence-corrected chi connectivity index (χ3v) is 6.80. The third-order valence-electron chi connectivity index (χ3n) is 6.80. The number of fused-ring (bicyclic) bond motifs is 3. The lowest BCUT2D eigenvalue weighted by Crippen LogP contribution is -2.32. The largest absolute Gasteiger partial charge is 0.0654 e. The lowest BCUT2D eigenvalue weighted by Gasteiger charge is -2.42. The fourth-order valence-corrected chi connectivity index (χ4v) is 5.54. The topological polar surface area (TPSA) is 0 Å². The summed E-state index contributed by atoms with van der Waals surface area (Å²) in [7, 11) is 0. The van der Waals surface area contributed by atoms with Crippen molar-refractivity contribution in [3.63, 3.8) is 0 Å². The lowest BCUT2D eigenvalue weighted by molar-refractivity contribution is 0.304. The first-order valence-electron chi connectivity index (χ1n) is 9.86. The second-order valence-corrected chi connectivity index (χ2v) is 8.14. The summed E-state index contributed by atoms with van der Waals surface area (Å²) in [4.78, 5) is 0. The van der Waals surface area contributed by atoms with E-state index >= 15 is 0 Å². The summed E-state index contributed by atoms with van der Waals surface area (Å²) in [5.74, 6) is 0.645. The Morgan fingerprint density at radius 1 is 1.04 bits per heavy atom. The van der Waals surface area contributed by atoms with Gasteiger partial charge in [-0.25, -0.2) is 0 Å². The Morgan fingerprint density at radius 2 is 1.83 bits per heavy atom. The molecule has 0 nitrogen and oxygen atoms in total. The van der Waals surface area contributed by atoms with Crippen molar-refractivity contribution in [3.8, 4) is 11.1 Å². The highest BCUT2D eigenvalue weighted by Gasteiger charge is 2.43. The van der Waals surface area contributed by atoms with Gasteiger partial charge in [0.2, 0.25) is 0 Å². The minimum Gasteiger partial charge on any atom is -0.0654 e. The Hall–Kier alpha value is -1.56. The molecule has 0 saturated heterocycles. The summed E-state index contributed by atoms with van der Waals surface area (Å²) in [6.07, 6.45) is 7.99. The van der Waals surface area contributed by atoms with E-state index in [1.165, 1.54) is 60.8 Å². The van der Waals surface area contributed by atoms with Gasteiger partial charge in [-0.05, 0) is 78.3 Å². The zero-order chi connectivity index (χ0) is 16.9. The molecule has 0 spiro atoms. The fraction of sp³-hybridized carbons (Fsp3) is 0.500. The van der Waals surface area contributed by atoms with E-state index in [0.29, 0.717) is 11.3 Å². The highest BCUT2D eigenvalue weighted by molar-refractivity contribution is 5.82. The molecule has 0 aromatic heterocycles. The first kappa shape index (κ1) is 15.9. The number of hydrogen-bond donors (Lipinski definition) is 0. The van der Waals surface area contributed by atoms with Crippen molar-refractivity contribution in [2.24, 2.45) is 0 Å². The average Bonchev–Trinajstić information content (AvgIpc) is 2.90. The molecule has 0 saturated carbocycles. The second kappa shape index (κ2) is 5.76. The maximum absolute atomic E-state index is 2.45. The van der Waals surface area contributed by atoms with E-state index in [-0.39, 0.29) is 0 Å². The number of benzene rings is 2. The van der Waals surface area contributed by atoms with Gasteiger partial charge in [-0.1, -0.05) is 62.6 Å². The molecule has 2 unspecified atom stereocenters. The van der Waals surface area contributed by atoms with Crippen molar-refractivity contribution < 1.29 is 0 Å². The molecule has 0 bridgehead atoms. The van der Waals surface area contributed by atoms with Crippen molar-refractivity contribution >= 4 is 0 Å². The van der Waals surface area contributed by atoms with Gasteiger partial charge in [0.25, 0.3) is 0 Å². The van der Waals surface area contributed by atoms with Crippen LogP contribution in [0.3, 0.4) is 0 Å². The highest BCUT2D eigenvalue weighted by atomic mass is 14.5. The van der Waals surface area contributed by atoms with Crippen LogP contribution in [0.15, 0.2) is 30.3 Å². The second-order valence-electron chi connectivity index (χ2n) is 8.14. The maximum atomic E-state index is 2.45. The lowest BCUT2D eigenvalue weighted by atomic mass is 9.62. The SMILES string of the molecule is CCCCC1(CC)CCC2c3cc(C)ccc3-c3ccc(C)c1c32. The molecule has 2 aromatic carbocycles. The smallest absolute Gasteiger partial charge is 0.0105 e. The summed E-state index contributed by atoms with van der Waals surface area (Å²) in [5.41, 5.74) is 11.4. The van der Waals surface area contributed by atoms with Crippen molar-refractivity contribution in [1.82, 2.24) is 0 Å². The van der Waals surface area contributed by atoms with Crippen molar-refractivity contribution in [2.75, 3.05) is 0 Å². The Balaban J connectivity index is 1.95. The normalized spacial score (nSPS) is 23.9. The summed E-state index contributed by atoms with van der Waals surface area (Å²) < 4.78 is 0. The molecule has 0 heterocycles. The van der Waals surface area contributed by atoms with Gasteiger partial charge in [-0.3, -0.25) is 0 Å². The quantitative estimate of drug-likeness (QED) is 0.566. The molecule has 126 valence electrons. The van der Waals surface area contributed by atoms with Crippen LogP contribution in [0.2, 0.25) is 0 Å². The predicted octanol–water partition coefficient (Wildman–Crippen LogP) is 7.05. The number of unbranched alkanes of at least 4 members (excludes halogenated alkanes) is 1. The van der Waals surface area contributed by atoms with E-state index in [1.54, 1.807) is 16.7 Å². The molecule has 0 fully saturated rings. The summed E-state index contributed by atoms with van der Waals surface area (Å²) in [6, 6.07) is 11.9. The van der Waals surface area contributed by atoms with Crippen LogP contribution in [-0.4, -0.2) is 0 Å². The van der Waals surface area contributed by atoms with Crippen LogP contribution in [0.25, 0.3) is 11.1 Å². The maximum Gasteiger partial charge on any atom is 0.0105 e. The molecular weight excluding hydrogens is 288 g/mol. The van der Waals surface area contributed by atoms with E-state index < -0.39 is 0 Å². The fourth-order valence-electron chi connectivity index (χ4n) is 5.54. The highest BCUT2D eigenvalue weighted by Crippen LogP contribution is 2.58. The van der Waals surface area contributed by atoms with E-state index in [9.17, 15) is 0 Å². The first-order valence-corrected chi connectivity index (χ1v) is 9.86. The summed E-state index contributed by atoms with van der Waals surface area (Å²) >= 11 is 0. The van der Waals surface area contributed by atoms with Gasteiger partial charge in [-0.2, -0.15) is 0 Å². The van der Waals surface area contributed by atoms with E-state index in [2.05, 4.69) is 58.0 Å². The van der Waals surface area contributed by atoms with E-state index in [4.69, 9.17) is 0 Å². The molecule has 4 rings (SSSR count). The van der Waals surface area contributed by atoms with Gasteiger partial charge < -0.3 is 0 Å². The molecule has 24 heavy (non-hydrogen) atoms. The molecule has 0 amide bonds. The average molecular weight is 319 g/mol. The zero-order valence-corrected chi connectivity index (χ0v) is 15.7. The Kier molecular flexibility index (Phi) is 3.82. The van der Waals surface area contributed by atoms with Gasteiger partial charge in [0, 0.05) is 5.92 Å². The first-order chi connectivity index (χ1) is 11.6. The summed E-state index contributed by atoms with van der Waals surface area (Å²) in [6.45, 7) is 9.33. The van der Waals surface area contributed by atoms with Gasteiger partial charge in [0.05, 0.1) is 0 Å². The van der Waals surface area contributed by atoms with Crippen molar-refractivity contribution in [1.29, 1.82) is 0 Å². The molecule has 0 aliphatic heterocycles. The molecule has 0 N–H and O–H groups in total. The van der Waals surface area contributed by atoms with Crippen LogP contribution < -0.4 is 0 Å². The van der Waals surface area contributed by atoms with Crippen LogP contribution in [0.5, 0.6) is 0 Å². The number of hydrogen-bond acceptors (Lipinski definition) is 0. The predicted molar refractivity (Wildman–Crippen MR) is 104 cm³/mol. The number of rotatable bonds is 4. The van der Waals surface area contributed by atoms with Crippen LogP contribution in [0.4, 0.5) is 0 Å². The Bertz CT molecular complexity index is 783. The standard InChI is InChI=1S/C24H30/c1-5-7-13-24(6-2)14-12-20-21-15-16(3)8-10-18(21)19-11-9-17(4)23(24)22(19)20/h8-11,15,20H,5-7,12-14H2,1-4H3. The van der Waals surface area contributed by atoms with Crippen LogP contribution in [0.1, 0.15) is 86.1 Å². The molecule has 2 atom stereocenters. The third kappa shape index (κ3) is 2.11. The summed E-state index contributed by atoms with van der Waals surface area (Å²) in [5, 5.41) is 0. The monoisotopic (exact) mass is 318 g/mol. The molecule has 0 heteroatoms. The van der Waals surface area contributed by atoms with Crippen LogP contribution in [0, 0.1) is 13.8 Å². The van der Waals surface area contributed by atoms with E-state index in [0.717, 1.165) is 0 Å². The molecule has 2 aliphatic rings. The molecule has 0 radical (unpaired) electrons. The van der Waals surface area contributed by atoms with Gasteiger partial charge in [0.1, 0.15) is 0 Å². The Morgan fingerprint density at radius 3 is 2.58 bits per heavy atom. The minimum absolute atomic E-state index is 0.416. The minimum atomic E-state index is 0.416. The van der Waals surface area contributed by atoms with Crippen molar-refractivity contribution in [3.05, 3.63) is 58.1 Å². The van der Waals surface area contributed by atoms with Crippen LogP contribution >= 0.6 is 0 Å². The van der Waals surface area contributed by atoms with E-state index in [1.807, 2.05) is 0 Å². The van der Waals surface area contributed by atoms with Gasteiger partial charge >= 0.3 is 0 Å². The van der Waals surface area contributed by atoms with Gasteiger partial charge in [-0.15, -0.1) is 0 Å². The molecule has 2 aromatic rings. The number of aryl methyl sites for hydroxylation is 2. The zero-order valence-electron chi connectivity index (χ0n) is 15.7.